The van der Waals surface area contributed by atoms with Gasteiger partial charge in [-0.25, -0.2) is 4.98 Å². The quantitative estimate of drug-likeness (QED) is 0.847. The van der Waals surface area contributed by atoms with E-state index in [1.807, 2.05) is 0 Å². The molecule has 0 aromatic carbocycles. The Morgan fingerprint density at radius 3 is 2.65 bits per heavy atom. The molecule has 0 atom stereocenters. The molecule has 1 aromatic heterocycles. The first-order valence-electron chi connectivity index (χ1n) is 4.86. The number of hydrogen-bond donors (Lipinski definition) is 2. The average molecular weight is 249 g/mol. The Morgan fingerprint density at radius 2 is 2.18 bits per heavy atom. The lowest BCUT2D eigenvalue weighted by Gasteiger charge is -2.21. The molecule has 0 aliphatic heterocycles. The summed E-state index contributed by atoms with van der Waals surface area (Å²) in [5.74, 6) is -0.436. The molecule has 8 heteroatoms. The lowest BCUT2D eigenvalue weighted by Crippen LogP contribution is -2.39. The summed E-state index contributed by atoms with van der Waals surface area (Å²) in [7, 11) is 1.20. The number of H-pyrrole nitrogens is 1. The number of hydrogen-bond acceptors (Lipinski definition) is 4. The van der Waals surface area contributed by atoms with Crippen LogP contribution in [-0.4, -0.2) is 28.8 Å². The first-order valence-corrected chi connectivity index (χ1v) is 4.86. The Hall–Kier alpha value is -1.73. The molecule has 0 spiro atoms. The van der Waals surface area contributed by atoms with E-state index in [1.165, 1.54) is 7.11 Å². The predicted molar refractivity (Wildman–Crippen MR) is 53.1 cm³/mol. The van der Waals surface area contributed by atoms with Crippen LogP contribution in [0, 0.1) is 0 Å². The van der Waals surface area contributed by atoms with Crippen LogP contribution in [0.2, 0.25) is 0 Å². The molecule has 0 unspecified atom stereocenters. The molecule has 2 N–H and O–H groups in total. The number of nitrogens with one attached hydrogen (secondary N) is 2. The lowest BCUT2D eigenvalue weighted by molar-refractivity contribution is -0.151. The summed E-state index contributed by atoms with van der Waals surface area (Å²) in [6.45, 7) is 0. The number of aromatic amines is 1. The third-order valence-electron chi connectivity index (χ3n) is 2.67. The number of halogens is 3. The summed E-state index contributed by atoms with van der Waals surface area (Å²) >= 11 is 0. The zero-order valence-electron chi connectivity index (χ0n) is 8.89. The van der Waals surface area contributed by atoms with E-state index in [-0.39, 0.29) is 24.4 Å². The maximum Gasteiger partial charge on any atom is 0.411 e. The second-order valence-corrected chi connectivity index (χ2v) is 3.82. The third kappa shape index (κ3) is 1.94. The van der Waals surface area contributed by atoms with Crippen molar-refractivity contribution in [1.29, 1.82) is 0 Å². The molecule has 1 saturated carbocycles. The van der Waals surface area contributed by atoms with Crippen molar-refractivity contribution >= 4 is 5.82 Å². The minimum absolute atomic E-state index is 0.0336. The molecule has 1 fully saturated rings. The van der Waals surface area contributed by atoms with Gasteiger partial charge in [0.1, 0.15) is 5.54 Å². The Kier molecular flexibility index (Phi) is 2.52. The fourth-order valence-corrected chi connectivity index (χ4v) is 1.50. The predicted octanol–water partition coefficient (Wildman–Crippen LogP) is 1.29. The van der Waals surface area contributed by atoms with Gasteiger partial charge in [-0.1, -0.05) is 0 Å². The zero-order chi connectivity index (χ0) is 12.7. The Bertz CT molecular complexity index is 479. The fourth-order valence-electron chi connectivity index (χ4n) is 1.50. The topological polar surface area (TPSA) is 67.0 Å². The van der Waals surface area contributed by atoms with E-state index in [0.717, 1.165) is 6.33 Å². The van der Waals surface area contributed by atoms with Crippen LogP contribution in [0.5, 0.6) is 5.75 Å². The number of nitrogens with zero attached hydrogens (tertiary/aromatic N) is 1. The van der Waals surface area contributed by atoms with E-state index >= 15 is 0 Å². The van der Waals surface area contributed by atoms with Crippen LogP contribution in [0.3, 0.4) is 0 Å². The first kappa shape index (κ1) is 11.7. The van der Waals surface area contributed by atoms with Crippen molar-refractivity contribution in [2.45, 2.75) is 24.6 Å². The van der Waals surface area contributed by atoms with Crippen LogP contribution in [0.15, 0.2) is 11.1 Å². The highest BCUT2D eigenvalue weighted by Gasteiger charge is 2.64. The molecule has 1 aliphatic rings. The van der Waals surface area contributed by atoms with Crippen LogP contribution in [0.1, 0.15) is 12.8 Å². The van der Waals surface area contributed by atoms with Gasteiger partial charge < -0.3 is 15.0 Å². The summed E-state index contributed by atoms with van der Waals surface area (Å²) in [6, 6.07) is 0. The molecular formula is C9H10F3N3O2. The number of rotatable bonds is 3. The number of anilines is 1. The van der Waals surface area contributed by atoms with E-state index in [2.05, 4.69) is 15.3 Å². The van der Waals surface area contributed by atoms with Gasteiger partial charge in [-0.3, -0.25) is 4.79 Å². The first-order chi connectivity index (χ1) is 7.89. The van der Waals surface area contributed by atoms with Crippen molar-refractivity contribution < 1.29 is 17.9 Å². The van der Waals surface area contributed by atoms with Crippen molar-refractivity contribution in [3.63, 3.8) is 0 Å². The van der Waals surface area contributed by atoms with Gasteiger partial charge in [-0.2, -0.15) is 13.2 Å². The maximum absolute atomic E-state index is 12.7. The molecule has 1 aliphatic carbocycles. The van der Waals surface area contributed by atoms with Crippen LogP contribution in [-0.2, 0) is 0 Å². The summed E-state index contributed by atoms with van der Waals surface area (Å²) in [5, 5.41) is 2.25. The average Bonchev–Trinajstić information content (AvgIpc) is 2.98. The van der Waals surface area contributed by atoms with Gasteiger partial charge in [0.15, 0.2) is 5.82 Å². The molecule has 0 amide bonds. The maximum atomic E-state index is 12.7. The van der Waals surface area contributed by atoms with Gasteiger partial charge >= 0.3 is 6.18 Å². The largest absolute Gasteiger partial charge is 0.489 e. The standard InChI is InChI=1S/C9H10F3N3O2/c1-17-5-6(13-4-14-7(5)16)15-8(2-3-8)9(10,11)12/h4H,2-3H2,1H3,(H2,13,14,15,16). The Labute approximate surface area is 94.0 Å². The van der Waals surface area contributed by atoms with Gasteiger partial charge in [-0.15, -0.1) is 0 Å². The Balaban J connectivity index is 2.32. The van der Waals surface area contributed by atoms with Crippen LogP contribution >= 0.6 is 0 Å². The number of alkyl halides is 3. The van der Waals surface area contributed by atoms with Crippen LogP contribution in [0.25, 0.3) is 0 Å². The van der Waals surface area contributed by atoms with Crippen molar-refractivity contribution in [3.05, 3.63) is 16.7 Å². The van der Waals surface area contributed by atoms with Crippen molar-refractivity contribution in [2.75, 3.05) is 12.4 Å². The van der Waals surface area contributed by atoms with Crippen LogP contribution in [0.4, 0.5) is 19.0 Å². The summed E-state index contributed by atoms with van der Waals surface area (Å²) < 4.78 is 42.8. The number of aromatic nitrogens is 2. The number of methoxy groups -OCH3 is 1. The van der Waals surface area contributed by atoms with E-state index in [4.69, 9.17) is 4.74 Å². The molecule has 1 aromatic rings. The minimum atomic E-state index is -4.37. The van der Waals surface area contributed by atoms with E-state index < -0.39 is 17.3 Å². The highest BCUT2D eigenvalue weighted by atomic mass is 19.4. The van der Waals surface area contributed by atoms with E-state index in [9.17, 15) is 18.0 Å². The highest BCUT2D eigenvalue weighted by molar-refractivity contribution is 5.52. The molecule has 0 radical (unpaired) electrons. The van der Waals surface area contributed by atoms with Crippen LogP contribution < -0.4 is 15.6 Å². The molecular weight excluding hydrogens is 239 g/mol. The molecule has 0 bridgehead atoms. The summed E-state index contributed by atoms with van der Waals surface area (Å²) in [6.07, 6.45) is -3.41. The zero-order valence-corrected chi connectivity index (χ0v) is 8.89. The fraction of sp³-hybridized carbons (Fsp3) is 0.556. The van der Waals surface area contributed by atoms with Gasteiger partial charge in [-0.05, 0) is 12.8 Å². The minimum Gasteiger partial charge on any atom is -0.489 e. The Morgan fingerprint density at radius 1 is 1.53 bits per heavy atom. The summed E-state index contributed by atoms with van der Waals surface area (Å²) in [4.78, 5) is 17.2. The SMILES string of the molecule is COc1c(NC2(C(F)(F)F)CC2)nc[nH]c1=O. The molecule has 94 valence electrons. The molecule has 17 heavy (non-hydrogen) atoms. The lowest BCUT2D eigenvalue weighted by atomic mass is 10.2. The number of ether oxygens (including phenoxy) is 1. The van der Waals surface area contributed by atoms with Gasteiger partial charge in [0.05, 0.1) is 13.4 Å². The van der Waals surface area contributed by atoms with E-state index in [0.29, 0.717) is 0 Å². The van der Waals surface area contributed by atoms with E-state index in [1.54, 1.807) is 0 Å². The molecule has 2 rings (SSSR count). The van der Waals surface area contributed by atoms with Crippen molar-refractivity contribution in [2.24, 2.45) is 0 Å². The molecule has 5 nitrogen and oxygen atoms in total. The normalized spacial score (nSPS) is 17.6. The second-order valence-electron chi connectivity index (χ2n) is 3.82. The smallest absolute Gasteiger partial charge is 0.411 e. The van der Waals surface area contributed by atoms with Gasteiger partial charge in [0, 0.05) is 0 Å². The molecule has 0 saturated heterocycles. The summed E-state index contributed by atoms with van der Waals surface area (Å²) in [5.41, 5.74) is -2.59. The molecule has 1 heterocycles. The van der Waals surface area contributed by atoms with Crippen molar-refractivity contribution in [1.82, 2.24) is 9.97 Å². The van der Waals surface area contributed by atoms with Crippen molar-refractivity contribution in [3.8, 4) is 5.75 Å². The highest BCUT2D eigenvalue weighted by Crippen LogP contribution is 2.51. The van der Waals surface area contributed by atoms with Gasteiger partial charge in [0.2, 0.25) is 5.75 Å². The third-order valence-corrected chi connectivity index (χ3v) is 2.67. The van der Waals surface area contributed by atoms with Gasteiger partial charge in [0.25, 0.3) is 5.56 Å². The second kappa shape index (κ2) is 3.64. The monoisotopic (exact) mass is 249 g/mol.